The third-order valence-electron chi connectivity index (χ3n) is 4.54. The summed E-state index contributed by atoms with van der Waals surface area (Å²) in [6.45, 7) is 8.60. The molecule has 1 atom stereocenters. The highest BCUT2D eigenvalue weighted by Gasteiger charge is 2.28. The fraction of sp³-hybridized carbons (Fsp3) is 0.579. The van der Waals surface area contributed by atoms with Crippen LogP contribution in [0.3, 0.4) is 0 Å². The monoisotopic (exact) mass is 332 g/mol. The van der Waals surface area contributed by atoms with E-state index in [1.54, 1.807) is 0 Å². The molecule has 5 heteroatoms. The Morgan fingerprint density at radius 3 is 2.46 bits per heavy atom. The Labute approximate surface area is 144 Å². The summed E-state index contributed by atoms with van der Waals surface area (Å²) >= 11 is 0. The lowest BCUT2D eigenvalue weighted by Gasteiger charge is -2.19. The second kappa shape index (κ2) is 7.79. The van der Waals surface area contributed by atoms with E-state index in [0.29, 0.717) is 26.1 Å². The molecule has 1 aromatic rings. The van der Waals surface area contributed by atoms with Crippen molar-refractivity contribution in [2.45, 2.75) is 39.0 Å². The van der Waals surface area contributed by atoms with Gasteiger partial charge in [0.15, 0.2) is 0 Å². The molecule has 1 aliphatic rings. The van der Waals surface area contributed by atoms with Gasteiger partial charge in [0.25, 0.3) is 0 Å². The lowest BCUT2D eigenvalue weighted by molar-refractivity contribution is -0.141. The minimum atomic E-state index is -0.767. The zero-order chi connectivity index (χ0) is 17.7. The minimum Gasteiger partial charge on any atom is -0.481 e. The lowest BCUT2D eigenvalue weighted by Crippen LogP contribution is -2.37. The minimum absolute atomic E-state index is 0.0349. The molecule has 1 aromatic carbocycles. The standard InChI is InChI=1S/C19H28N2O3/c1-19(2,3)16-6-4-14(5-7-16)8-10-20-17(22)13-21-11-9-15(12-21)18(23)24/h4-7,15H,8-13H2,1-3H3,(H,20,22)(H,23,24). The van der Waals surface area contributed by atoms with Crippen molar-refractivity contribution in [2.75, 3.05) is 26.2 Å². The summed E-state index contributed by atoms with van der Waals surface area (Å²) in [5, 5.41) is 11.9. The molecular formula is C19H28N2O3. The maximum Gasteiger partial charge on any atom is 0.307 e. The fourth-order valence-corrected chi connectivity index (χ4v) is 2.95. The summed E-state index contributed by atoms with van der Waals surface area (Å²) < 4.78 is 0. The first-order valence-electron chi connectivity index (χ1n) is 8.57. The molecule has 0 aliphatic carbocycles. The van der Waals surface area contributed by atoms with Gasteiger partial charge in [-0.15, -0.1) is 0 Å². The van der Waals surface area contributed by atoms with Crippen LogP contribution in [-0.2, 0) is 21.4 Å². The van der Waals surface area contributed by atoms with E-state index >= 15 is 0 Å². The topological polar surface area (TPSA) is 69.6 Å². The summed E-state index contributed by atoms with van der Waals surface area (Å²) in [6.07, 6.45) is 1.43. The van der Waals surface area contributed by atoms with Gasteiger partial charge in [-0.3, -0.25) is 14.5 Å². The van der Waals surface area contributed by atoms with Crippen LogP contribution >= 0.6 is 0 Å². The summed E-state index contributed by atoms with van der Waals surface area (Å²) in [5.74, 6) is -1.14. The molecule has 1 aliphatic heterocycles. The number of nitrogens with one attached hydrogen (secondary N) is 1. The largest absolute Gasteiger partial charge is 0.481 e. The van der Waals surface area contributed by atoms with E-state index in [1.807, 2.05) is 4.90 Å². The van der Waals surface area contributed by atoms with Crippen molar-refractivity contribution in [2.24, 2.45) is 5.92 Å². The van der Waals surface area contributed by atoms with Crippen LogP contribution in [-0.4, -0.2) is 48.1 Å². The van der Waals surface area contributed by atoms with Crippen LogP contribution in [0.25, 0.3) is 0 Å². The third-order valence-corrected chi connectivity index (χ3v) is 4.54. The summed E-state index contributed by atoms with van der Waals surface area (Å²) in [6, 6.07) is 8.52. The first-order chi connectivity index (χ1) is 11.3. The van der Waals surface area contributed by atoms with Gasteiger partial charge in [0.05, 0.1) is 12.5 Å². The normalized spacial score (nSPS) is 18.5. The molecule has 0 saturated carbocycles. The highest BCUT2D eigenvalue weighted by Crippen LogP contribution is 2.22. The average Bonchev–Trinajstić information content (AvgIpc) is 2.95. The molecule has 0 aromatic heterocycles. The molecule has 1 saturated heterocycles. The van der Waals surface area contributed by atoms with Crippen molar-refractivity contribution in [3.8, 4) is 0 Å². The number of hydrogen-bond acceptors (Lipinski definition) is 3. The number of carboxylic acid groups (broad SMARTS) is 1. The van der Waals surface area contributed by atoms with Gasteiger partial charge in [0.1, 0.15) is 0 Å². The number of hydrogen-bond donors (Lipinski definition) is 2. The lowest BCUT2D eigenvalue weighted by atomic mass is 9.86. The number of benzene rings is 1. The fourth-order valence-electron chi connectivity index (χ4n) is 2.95. The first kappa shape index (κ1) is 18.5. The molecule has 24 heavy (non-hydrogen) atoms. The molecule has 0 radical (unpaired) electrons. The summed E-state index contributed by atoms with van der Waals surface area (Å²) in [5.41, 5.74) is 2.66. The van der Waals surface area contributed by atoms with Crippen LogP contribution in [0.1, 0.15) is 38.3 Å². The molecule has 1 fully saturated rings. The molecule has 0 bridgehead atoms. The first-order valence-corrected chi connectivity index (χ1v) is 8.57. The number of carbonyl (C=O) groups is 2. The average molecular weight is 332 g/mol. The zero-order valence-corrected chi connectivity index (χ0v) is 14.8. The van der Waals surface area contributed by atoms with Crippen LogP contribution in [0.5, 0.6) is 0 Å². The Balaban J connectivity index is 1.70. The van der Waals surface area contributed by atoms with Crippen LogP contribution in [0, 0.1) is 5.92 Å². The van der Waals surface area contributed by atoms with E-state index in [-0.39, 0.29) is 23.8 Å². The van der Waals surface area contributed by atoms with Gasteiger partial charge < -0.3 is 10.4 Å². The predicted octanol–water partition coefficient (Wildman–Crippen LogP) is 2.05. The number of carbonyl (C=O) groups excluding carboxylic acids is 1. The van der Waals surface area contributed by atoms with Gasteiger partial charge in [-0.05, 0) is 35.9 Å². The van der Waals surface area contributed by atoms with Crippen LogP contribution in [0.4, 0.5) is 0 Å². The van der Waals surface area contributed by atoms with Gasteiger partial charge in [0, 0.05) is 13.1 Å². The second-order valence-electron chi connectivity index (χ2n) is 7.61. The number of amides is 1. The zero-order valence-electron chi connectivity index (χ0n) is 14.8. The van der Waals surface area contributed by atoms with E-state index in [2.05, 4.69) is 50.4 Å². The number of aliphatic carboxylic acids is 1. The van der Waals surface area contributed by atoms with Crippen LogP contribution in [0.15, 0.2) is 24.3 Å². The van der Waals surface area contributed by atoms with Crippen molar-refractivity contribution in [1.29, 1.82) is 0 Å². The van der Waals surface area contributed by atoms with E-state index < -0.39 is 5.97 Å². The molecule has 1 heterocycles. The molecule has 0 spiro atoms. The number of nitrogens with zero attached hydrogens (tertiary/aromatic N) is 1. The van der Waals surface area contributed by atoms with Gasteiger partial charge in [-0.1, -0.05) is 45.0 Å². The highest BCUT2D eigenvalue weighted by atomic mass is 16.4. The SMILES string of the molecule is CC(C)(C)c1ccc(CCNC(=O)CN2CCC(C(=O)O)C2)cc1. The smallest absolute Gasteiger partial charge is 0.307 e. The Kier molecular flexibility index (Phi) is 5.99. The molecular weight excluding hydrogens is 304 g/mol. The Hall–Kier alpha value is -1.88. The number of rotatable bonds is 6. The molecule has 1 amide bonds. The molecule has 5 nitrogen and oxygen atoms in total. The van der Waals surface area contributed by atoms with Gasteiger partial charge in [0.2, 0.25) is 5.91 Å². The van der Waals surface area contributed by atoms with Crippen LogP contribution in [0.2, 0.25) is 0 Å². The molecule has 2 rings (SSSR count). The second-order valence-corrected chi connectivity index (χ2v) is 7.61. The van der Waals surface area contributed by atoms with Gasteiger partial charge in [-0.2, -0.15) is 0 Å². The van der Waals surface area contributed by atoms with E-state index in [4.69, 9.17) is 5.11 Å². The number of likely N-dealkylation sites (tertiary alicyclic amines) is 1. The Bertz CT molecular complexity index is 575. The highest BCUT2D eigenvalue weighted by molar-refractivity contribution is 5.78. The number of carboxylic acids is 1. The van der Waals surface area contributed by atoms with Gasteiger partial charge in [-0.25, -0.2) is 0 Å². The van der Waals surface area contributed by atoms with E-state index in [1.165, 1.54) is 11.1 Å². The molecule has 1 unspecified atom stereocenters. The maximum atomic E-state index is 12.0. The third kappa shape index (κ3) is 5.34. The van der Waals surface area contributed by atoms with Gasteiger partial charge >= 0.3 is 5.97 Å². The predicted molar refractivity (Wildman–Crippen MR) is 94.0 cm³/mol. The van der Waals surface area contributed by atoms with Crippen molar-refractivity contribution in [3.63, 3.8) is 0 Å². The van der Waals surface area contributed by atoms with Crippen molar-refractivity contribution in [1.82, 2.24) is 10.2 Å². The Morgan fingerprint density at radius 1 is 1.25 bits per heavy atom. The van der Waals surface area contributed by atoms with Crippen molar-refractivity contribution < 1.29 is 14.7 Å². The molecule has 2 N–H and O–H groups in total. The Morgan fingerprint density at radius 2 is 1.92 bits per heavy atom. The molecule has 132 valence electrons. The quantitative estimate of drug-likeness (QED) is 0.836. The summed E-state index contributed by atoms with van der Waals surface area (Å²) in [4.78, 5) is 24.8. The van der Waals surface area contributed by atoms with E-state index in [0.717, 1.165) is 6.42 Å². The maximum absolute atomic E-state index is 12.0. The van der Waals surface area contributed by atoms with Crippen molar-refractivity contribution in [3.05, 3.63) is 35.4 Å². The van der Waals surface area contributed by atoms with E-state index in [9.17, 15) is 9.59 Å². The van der Waals surface area contributed by atoms with Crippen LogP contribution < -0.4 is 5.32 Å². The summed E-state index contributed by atoms with van der Waals surface area (Å²) in [7, 11) is 0. The van der Waals surface area contributed by atoms with Crippen molar-refractivity contribution >= 4 is 11.9 Å².